The molecule has 0 saturated heterocycles. The van der Waals surface area contributed by atoms with Gasteiger partial charge < -0.3 is 9.47 Å². The molecule has 0 aromatic heterocycles. The van der Waals surface area contributed by atoms with Gasteiger partial charge in [0.1, 0.15) is 6.79 Å². The van der Waals surface area contributed by atoms with Crippen LogP contribution in [0.15, 0.2) is 11.6 Å². The number of fused-ring (bicyclic) bond motifs is 1. The number of ketones is 1. The number of hydrogen-bond donors (Lipinski definition) is 0. The third kappa shape index (κ3) is 3.21. The molecule has 0 amide bonds. The molecule has 0 radical (unpaired) electrons. The van der Waals surface area contributed by atoms with Gasteiger partial charge in [0.05, 0.1) is 0 Å². The predicted octanol–water partition coefficient (Wildman–Crippen LogP) is 3.09. The fourth-order valence-corrected chi connectivity index (χ4v) is 3.17. The number of rotatable bonds is 5. The zero-order valence-corrected chi connectivity index (χ0v) is 11.5. The highest BCUT2D eigenvalue weighted by Crippen LogP contribution is 2.48. The molecular weight excluding hydrogens is 228 g/mol. The van der Waals surface area contributed by atoms with E-state index >= 15 is 0 Å². The highest BCUT2D eigenvalue weighted by atomic mass is 16.7. The molecule has 2 atom stereocenters. The Morgan fingerprint density at radius 1 is 1.44 bits per heavy atom. The summed E-state index contributed by atoms with van der Waals surface area (Å²) in [4.78, 5) is 11.5. The summed E-state index contributed by atoms with van der Waals surface area (Å²) in [7, 11) is 1.64. The van der Waals surface area contributed by atoms with E-state index in [0.29, 0.717) is 23.9 Å². The molecule has 0 aromatic carbocycles. The van der Waals surface area contributed by atoms with Crippen LogP contribution in [0.5, 0.6) is 0 Å². The Morgan fingerprint density at radius 2 is 2.28 bits per heavy atom. The van der Waals surface area contributed by atoms with Crippen LogP contribution in [0.25, 0.3) is 0 Å². The molecule has 2 aliphatic rings. The van der Waals surface area contributed by atoms with Crippen LogP contribution in [0.3, 0.4) is 0 Å². The number of carbonyl (C=O) groups excluding carboxylic acids is 1. The zero-order valence-electron chi connectivity index (χ0n) is 11.5. The fraction of sp³-hybridized carbons (Fsp3) is 0.800. The molecule has 3 nitrogen and oxygen atoms in total. The monoisotopic (exact) mass is 252 g/mol. The second kappa shape index (κ2) is 5.98. The summed E-state index contributed by atoms with van der Waals surface area (Å²) in [6, 6.07) is 0. The Morgan fingerprint density at radius 3 is 3.06 bits per heavy atom. The van der Waals surface area contributed by atoms with E-state index in [1.807, 2.05) is 6.08 Å². The van der Waals surface area contributed by atoms with Crippen molar-refractivity contribution in [2.24, 2.45) is 11.3 Å². The van der Waals surface area contributed by atoms with Gasteiger partial charge in [-0.2, -0.15) is 0 Å². The maximum atomic E-state index is 11.5. The molecule has 0 bridgehead atoms. The number of ether oxygens (including phenoxy) is 2. The highest BCUT2D eigenvalue weighted by molar-refractivity contribution is 5.91. The number of allylic oxidation sites excluding steroid dienone is 2. The average Bonchev–Trinajstić information content (AvgIpc) is 2.36. The first-order chi connectivity index (χ1) is 8.64. The fourth-order valence-electron chi connectivity index (χ4n) is 3.17. The van der Waals surface area contributed by atoms with Crippen molar-refractivity contribution in [3.63, 3.8) is 0 Å². The molecule has 102 valence electrons. The topological polar surface area (TPSA) is 35.5 Å². The third-order valence-electron chi connectivity index (χ3n) is 4.52. The van der Waals surface area contributed by atoms with Gasteiger partial charge in [-0.25, -0.2) is 0 Å². The number of hydrogen-bond acceptors (Lipinski definition) is 3. The molecule has 0 aliphatic heterocycles. The SMILES string of the molecule is COCOCC[C@@H]1CC[C@]2(C)CCC(=O)C=C2C1. The van der Waals surface area contributed by atoms with Gasteiger partial charge in [-0.3, -0.25) is 4.79 Å². The van der Waals surface area contributed by atoms with Gasteiger partial charge in [0.25, 0.3) is 0 Å². The van der Waals surface area contributed by atoms with E-state index in [1.54, 1.807) is 7.11 Å². The Labute approximate surface area is 110 Å². The van der Waals surface area contributed by atoms with Crippen LogP contribution in [0.2, 0.25) is 0 Å². The van der Waals surface area contributed by atoms with Gasteiger partial charge >= 0.3 is 0 Å². The van der Waals surface area contributed by atoms with Gasteiger partial charge in [0.15, 0.2) is 5.78 Å². The van der Waals surface area contributed by atoms with Gasteiger partial charge in [0.2, 0.25) is 0 Å². The van der Waals surface area contributed by atoms with Crippen molar-refractivity contribution in [1.82, 2.24) is 0 Å². The lowest BCUT2D eigenvalue weighted by Gasteiger charge is -2.42. The second-order valence-electron chi connectivity index (χ2n) is 5.91. The van der Waals surface area contributed by atoms with Gasteiger partial charge in [-0.15, -0.1) is 0 Å². The zero-order chi connectivity index (χ0) is 13.0. The molecule has 1 fully saturated rings. The first kappa shape index (κ1) is 13.8. The van der Waals surface area contributed by atoms with Crippen LogP contribution in [-0.4, -0.2) is 26.3 Å². The summed E-state index contributed by atoms with van der Waals surface area (Å²) in [5, 5.41) is 0. The van der Waals surface area contributed by atoms with Crippen molar-refractivity contribution in [1.29, 1.82) is 0 Å². The second-order valence-corrected chi connectivity index (χ2v) is 5.91. The Hall–Kier alpha value is -0.670. The normalized spacial score (nSPS) is 32.0. The van der Waals surface area contributed by atoms with Crippen molar-refractivity contribution in [3.05, 3.63) is 11.6 Å². The van der Waals surface area contributed by atoms with Crippen LogP contribution >= 0.6 is 0 Å². The maximum Gasteiger partial charge on any atom is 0.155 e. The standard InChI is InChI=1S/C15H24O3/c1-15-6-3-12(5-8-18-11-17-2)9-13(15)10-14(16)4-7-15/h10,12H,3-9,11H2,1-2H3/t12-,15+/m0/s1. The molecule has 0 spiro atoms. The third-order valence-corrected chi connectivity index (χ3v) is 4.52. The van der Waals surface area contributed by atoms with E-state index in [1.165, 1.54) is 18.4 Å². The molecule has 18 heavy (non-hydrogen) atoms. The van der Waals surface area contributed by atoms with Crippen molar-refractivity contribution in [2.45, 2.75) is 45.4 Å². The molecule has 2 rings (SSSR count). The maximum absolute atomic E-state index is 11.5. The Kier molecular flexibility index (Phi) is 4.57. The van der Waals surface area contributed by atoms with Crippen molar-refractivity contribution >= 4 is 5.78 Å². The molecule has 0 N–H and O–H groups in total. The van der Waals surface area contributed by atoms with Crippen molar-refractivity contribution in [3.8, 4) is 0 Å². The van der Waals surface area contributed by atoms with Crippen LogP contribution in [0, 0.1) is 11.3 Å². The summed E-state index contributed by atoms with van der Waals surface area (Å²) >= 11 is 0. The van der Waals surface area contributed by atoms with E-state index < -0.39 is 0 Å². The molecule has 0 heterocycles. The summed E-state index contributed by atoms with van der Waals surface area (Å²) < 4.78 is 10.2. The van der Waals surface area contributed by atoms with Crippen LogP contribution in [0.4, 0.5) is 0 Å². The summed E-state index contributed by atoms with van der Waals surface area (Å²) in [6.07, 6.45) is 8.35. The van der Waals surface area contributed by atoms with E-state index in [4.69, 9.17) is 9.47 Å². The van der Waals surface area contributed by atoms with E-state index in [9.17, 15) is 4.79 Å². The minimum atomic E-state index is 0.303. The number of methoxy groups -OCH3 is 1. The van der Waals surface area contributed by atoms with Gasteiger partial charge in [-0.1, -0.05) is 12.5 Å². The van der Waals surface area contributed by atoms with Crippen LogP contribution in [0.1, 0.15) is 45.4 Å². The molecular formula is C15H24O3. The predicted molar refractivity (Wildman–Crippen MR) is 70.2 cm³/mol. The lowest BCUT2D eigenvalue weighted by molar-refractivity contribution is -0.116. The van der Waals surface area contributed by atoms with Crippen molar-refractivity contribution < 1.29 is 14.3 Å². The first-order valence-electron chi connectivity index (χ1n) is 6.94. The quantitative estimate of drug-likeness (QED) is 0.557. The summed E-state index contributed by atoms with van der Waals surface area (Å²) in [5.74, 6) is 0.992. The van der Waals surface area contributed by atoms with Crippen LogP contribution in [-0.2, 0) is 14.3 Å². The van der Waals surface area contributed by atoms with Gasteiger partial charge in [-0.05, 0) is 49.5 Å². The minimum Gasteiger partial charge on any atom is -0.359 e. The molecule has 0 aromatic rings. The molecule has 0 unspecified atom stereocenters. The van der Waals surface area contributed by atoms with E-state index in [-0.39, 0.29) is 0 Å². The van der Waals surface area contributed by atoms with E-state index in [2.05, 4.69) is 6.92 Å². The number of carbonyl (C=O) groups is 1. The smallest absolute Gasteiger partial charge is 0.155 e. The summed E-state index contributed by atoms with van der Waals surface area (Å²) in [5.41, 5.74) is 1.69. The molecule has 1 saturated carbocycles. The largest absolute Gasteiger partial charge is 0.359 e. The summed E-state index contributed by atoms with van der Waals surface area (Å²) in [6.45, 7) is 3.46. The molecule has 3 heteroatoms. The van der Waals surface area contributed by atoms with Crippen LogP contribution < -0.4 is 0 Å². The Bertz CT molecular complexity index is 335. The van der Waals surface area contributed by atoms with Crippen molar-refractivity contribution in [2.75, 3.05) is 20.5 Å². The lowest BCUT2D eigenvalue weighted by atomic mass is 9.63. The molecule has 2 aliphatic carbocycles. The highest BCUT2D eigenvalue weighted by Gasteiger charge is 2.37. The van der Waals surface area contributed by atoms with Gasteiger partial charge in [0, 0.05) is 20.1 Å². The Balaban J connectivity index is 1.86. The van der Waals surface area contributed by atoms with E-state index in [0.717, 1.165) is 32.3 Å². The first-order valence-corrected chi connectivity index (χ1v) is 6.94. The minimum absolute atomic E-state index is 0.303. The lowest BCUT2D eigenvalue weighted by Crippen LogP contribution is -2.31. The average molecular weight is 252 g/mol.